The van der Waals surface area contributed by atoms with Gasteiger partial charge in [0.2, 0.25) is 0 Å². The maximum absolute atomic E-state index is 10.1. The molecule has 1 aliphatic rings. The molecule has 5 nitrogen and oxygen atoms in total. The minimum atomic E-state index is -0.653. The molecule has 1 aromatic heterocycles. The SMILES string of the molecule is CCc1nc(C)nc(N2CCN(CC(C)(C)O)CC2)c1Cc1ccc(C)cc1. The van der Waals surface area contributed by atoms with Gasteiger partial charge < -0.3 is 10.0 Å². The van der Waals surface area contributed by atoms with Crippen molar-refractivity contribution in [3.8, 4) is 0 Å². The van der Waals surface area contributed by atoms with Crippen LogP contribution in [-0.2, 0) is 12.8 Å². The molecule has 0 unspecified atom stereocenters. The molecule has 1 aromatic carbocycles. The molecule has 0 spiro atoms. The first-order valence-electron chi connectivity index (χ1n) is 10.4. The Hall–Kier alpha value is -1.98. The molecule has 0 aliphatic carbocycles. The number of anilines is 1. The summed E-state index contributed by atoms with van der Waals surface area (Å²) in [7, 11) is 0. The summed E-state index contributed by atoms with van der Waals surface area (Å²) < 4.78 is 0. The highest BCUT2D eigenvalue weighted by molar-refractivity contribution is 5.52. The summed E-state index contributed by atoms with van der Waals surface area (Å²) in [4.78, 5) is 14.3. The van der Waals surface area contributed by atoms with Crippen molar-refractivity contribution in [1.82, 2.24) is 14.9 Å². The minimum absolute atomic E-state index is 0.653. The van der Waals surface area contributed by atoms with Crippen LogP contribution in [-0.4, -0.2) is 58.3 Å². The van der Waals surface area contributed by atoms with Crippen LogP contribution in [0.3, 0.4) is 0 Å². The molecule has 0 saturated carbocycles. The van der Waals surface area contributed by atoms with Crippen LogP contribution in [0.4, 0.5) is 5.82 Å². The molecule has 0 radical (unpaired) electrons. The number of aliphatic hydroxyl groups is 1. The zero-order chi connectivity index (χ0) is 20.3. The number of rotatable bonds is 6. The molecule has 1 aliphatic heterocycles. The quantitative estimate of drug-likeness (QED) is 0.832. The summed E-state index contributed by atoms with van der Waals surface area (Å²) in [6.45, 7) is 14.5. The normalized spacial score (nSPS) is 15.9. The van der Waals surface area contributed by atoms with E-state index in [9.17, 15) is 5.11 Å². The average molecular weight is 383 g/mol. The summed E-state index contributed by atoms with van der Waals surface area (Å²) in [5, 5.41) is 10.1. The third-order valence-corrected chi connectivity index (χ3v) is 5.30. The van der Waals surface area contributed by atoms with Gasteiger partial charge in [0, 0.05) is 50.4 Å². The van der Waals surface area contributed by atoms with E-state index in [0.717, 1.165) is 56.4 Å². The Balaban J connectivity index is 1.84. The van der Waals surface area contributed by atoms with Crippen LogP contribution in [0.5, 0.6) is 0 Å². The van der Waals surface area contributed by atoms with Crippen molar-refractivity contribution in [1.29, 1.82) is 0 Å². The molecule has 3 rings (SSSR count). The highest BCUT2D eigenvalue weighted by Crippen LogP contribution is 2.26. The number of nitrogens with zero attached hydrogens (tertiary/aromatic N) is 4. The van der Waals surface area contributed by atoms with Gasteiger partial charge in [0.15, 0.2) is 0 Å². The molecular weight excluding hydrogens is 348 g/mol. The Morgan fingerprint density at radius 3 is 2.21 bits per heavy atom. The Morgan fingerprint density at radius 2 is 1.64 bits per heavy atom. The van der Waals surface area contributed by atoms with Crippen molar-refractivity contribution >= 4 is 5.82 Å². The molecule has 152 valence electrons. The van der Waals surface area contributed by atoms with Gasteiger partial charge in [-0.1, -0.05) is 36.8 Å². The first-order valence-corrected chi connectivity index (χ1v) is 10.4. The second kappa shape index (κ2) is 8.58. The Bertz CT molecular complexity index is 787. The zero-order valence-corrected chi connectivity index (χ0v) is 18.0. The molecular formula is C23H34N4O. The Kier molecular flexibility index (Phi) is 6.36. The monoisotopic (exact) mass is 382 g/mol. The summed E-state index contributed by atoms with van der Waals surface area (Å²) in [6, 6.07) is 8.76. The van der Waals surface area contributed by atoms with E-state index in [2.05, 4.69) is 47.9 Å². The second-order valence-electron chi connectivity index (χ2n) is 8.61. The number of hydrogen-bond acceptors (Lipinski definition) is 5. The third kappa shape index (κ3) is 5.30. The lowest BCUT2D eigenvalue weighted by Gasteiger charge is -2.38. The molecule has 28 heavy (non-hydrogen) atoms. The molecule has 1 saturated heterocycles. The van der Waals surface area contributed by atoms with Crippen LogP contribution in [0.1, 0.15) is 49.0 Å². The largest absolute Gasteiger partial charge is 0.389 e. The van der Waals surface area contributed by atoms with Gasteiger partial charge >= 0.3 is 0 Å². The van der Waals surface area contributed by atoms with Crippen molar-refractivity contribution < 1.29 is 5.11 Å². The first-order chi connectivity index (χ1) is 13.2. The smallest absolute Gasteiger partial charge is 0.136 e. The minimum Gasteiger partial charge on any atom is -0.389 e. The van der Waals surface area contributed by atoms with E-state index < -0.39 is 5.60 Å². The van der Waals surface area contributed by atoms with Crippen molar-refractivity contribution in [2.75, 3.05) is 37.6 Å². The van der Waals surface area contributed by atoms with E-state index in [-0.39, 0.29) is 0 Å². The number of aromatic nitrogens is 2. The Morgan fingerprint density at radius 1 is 1.00 bits per heavy atom. The lowest BCUT2D eigenvalue weighted by atomic mass is 10.0. The lowest BCUT2D eigenvalue weighted by Crippen LogP contribution is -2.51. The van der Waals surface area contributed by atoms with Gasteiger partial charge in [-0.3, -0.25) is 4.90 Å². The molecule has 0 atom stereocenters. The molecule has 1 fully saturated rings. The van der Waals surface area contributed by atoms with Gasteiger partial charge in [0.05, 0.1) is 5.60 Å². The van der Waals surface area contributed by atoms with Gasteiger partial charge in [-0.05, 0) is 39.7 Å². The maximum atomic E-state index is 10.1. The topological polar surface area (TPSA) is 52.5 Å². The van der Waals surface area contributed by atoms with Crippen LogP contribution in [0, 0.1) is 13.8 Å². The summed E-state index contributed by atoms with van der Waals surface area (Å²) >= 11 is 0. The molecule has 0 bridgehead atoms. The van der Waals surface area contributed by atoms with Crippen LogP contribution >= 0.6 is 0 Å². The van der Waals surface area contributed by atoms with Crippen LogP contribution < -0.4 is 4.90 Å². The highest BCUT2D eigenvalue weighted by atomic mass is 16.3. The summed E-state index contributed by atoms with van der Waals surface area (Å²) in [5.74, 6) is 1.94. The summed E-state index contributed by atoms with van der Waals surface area (Å²) in [5.41, 5.74) is 4.34. The standard InChI is InChI=1S/C23H34N4O/c1-6-21-20(15-19-9-7-17(2)8-10-19)22(25-18(3)24-21)27-13-11-26(12-14-27)16-23(4,5)28/h7-10,28H,6,11-16H2,1-5H3. The molecule has 2 heterocycles. The number of hydrogen-bond donors (Lipinski definition) is 1. The van der Waals surface area contributed by atoms with Gasteiger partial charge in [-0.2, -0.15) is 0 Å². The fraction of sp³-hybridized carbons (Fsp3) is 0.565. The molecule has 0 amide bonds. The zero-order valence-electron chi connectivity index (χ0n) is 18.0. The van der Waals surface area contributed by atoms with E-state index in [1.807, 2.05) is 20.8 Å². The van der Waals surface area contributed by atoms with E-state index >= 15 is 0 Å². The number of benzene rings is 1. The van der Waals surface area contributed by atoms with E-state index in [4.69, 9.17) is 9.97 Å². The van der Waals surface area contributed by atoms with E-state index in [1.54, 1.807) is 0 Å². The summed E-state index contributed by atoms with van der Waals surface area (Å²) in [6.07, 6.45) is 1.78. The molecule has 5 heteroatoms. The van der Waals surface area contributed by atoms with Crippen molar-refractivity contribution in [2.45, 2.75) is 53.1 Å². The van der Waals surface area contributed by atoms with Crippen molar-refractivity contribution in [3.05, 3.63) is 52.5 Å². The second-order valence-corrected chi connectivity index (χ2v) is 8.61. The average Bonchev–Trinajstić information content (AvgIpc) is 2.64. The van der Waals surface area contributed by atoms with E-state index in [0.29, 0.717) is 6.54 Å². The van der Waals surface area contributed by atoms with Gasteiger partial charge in [-0.25, -0.2) is 9.97 Å². The maximum Gasteiger partial charge on any atom is 0.136 e. The molecule has 2 aromatic rings. The predicted molar refractivity (Wildman–Crippen MR) is 115 cm³/mol. The number of piperazine rings is 1. The van der Waals surface area contributed by atoms with Crippen LogP contribution in [0.2, 0.25) is 0 Å². The fourth-order valence-corrected chi connectivity index (χ4v) is 3.95. The first kappa shape index (κ1) is 20.7. The predicted octanol–water partition coefficient (Wildman–Crippen LogP) is 3.14. The Labute approximate surface area is 169 Å². The third-order valence-electron chi connectivity index (χ3n) is 5.30. The lowest BCUT2D eigenvalue weighted by molar-refractivity contribution is 0.0344. The van der Waals surface area contributed by atoms with E-state index in [1.165, 1.54) is 16.7 Å². The van der Waals surface area contributed by atoms with Gasteiger partial charge in [0.1, 0.15) is 11.6 Å². The van der Waals surface area contributed by atoms with Crippen molar-refractivity contribution in [2.24, 2.45) is 0 Å². The molecule has 1 N–H and O–H groups in total. The number of aryl methyl sites for hydroxylation is 3. The van der Waals surface area contributed by atoms with Gasteiger partial charge in [0.25, 0.3) is 0 Å². The van der Waals surface area contributed by atoms with Crippen molar-refractivity contribution in [3.63, 3.8) is 0 Å². The van der Waals surface area contributed by atoms with Gasteiger partial charge in [-0.15, -0.1) is 0 Å². The van der Waals surface area contributed by atoms with Crippen LogP contribution in [0.15, 0.2) is 24.3 Å². The number of β-amino-alcohol motifs (C(OH)–C–C–N with tert-alkyl or cyclic N) is 1. The van der Waals surface area contributed by atoms with Crippen LogP contribution in [0.25, 0.3) is 0 Å². The highest BCUT2D eigenvalue weighted by Gasteiger charge is 2.25. The fourth-order valence-electron chi connectivity index (χ4n) is 3.95.